The van der Waals surface area contributed by atoms with E-state index in [4.69, 9.17) is 11.6 Å². The number of rotatable bonds is 5. The Morgan fingerprint density at radius 2 is 1.78 bits per heavy atom. The van der Waals surface area contributed by atoms with E-state index in [1.807, 2.05) is 17.9 Å². The molecule has 1 aliphatic heterocycles. The van der Waals surface area contributed by atoms with E-state index in [1.165, 1.54) is 5.56 Å². The number of likely N-dealkylation sites (tertiary alicyclic amines) is 1. The minimum Gasteiger partial charge on any atom is -0.342 e. The second-order valence-corrected chi connectivity index (χ2v) is 7.56. The highest BCUT2D eigenvalue weighted by Crippen LogP contribution is 2.24. The Bertz CT molecular complexity index is 799. The molecule has 0 saturated carbocycles. The lowest BCUT2D eigenvalue weighted by atomic mass is 9.90. The molecule has 0 unspecified atom stereocenters. The van der Waals surface area contributed by atoms with Gasteiger partial charge in [0.25, 0.3) is 0 Å². The van der Waals surface area contributed by atoms with E-state index in [0.717, 1.165) is 37.9 Å². The van der Waals surface area contributed by atoms with Gasteiger partial charge in [0, 0.05) is 23.8 Å². The number of halogens is 1. The van der Waals surface area contributed by atoms with Crippen molar-refractivity contribution in [2.24, 2.45) is 5.92 Å². The minimum atomic E-state index is -0.295. The van der Waals surface area contributed by atoms with Gasteiger partial charge in [-0.3, -0.25) is 9.59 Å². The van der Waals surface area contributed by atoms with Crippen LogP contribution in [-0.4, -0.2) is 29.8 Å². The summed E-state index contributed by atoms with van der Waals surface area (Å²) < 4.78 is 0. The highest BCUT2D eigenvalue weighted by molar-refractivity contribution is 6.31. The van der Waals surface area contributed by atoms with Crippen LogP contribution in [0.5, 0.6) is 0 Å². The molecule has 1 aliphatic rings. The van der Waals surface area contributed by atoms with Crippen LogP contribution in [0.3, 0.4) is 0 Å². The molecule has 2 amide bonds. The summed E-state index contributed by atoms with van der Waals surface area (Å²) in [4.78, 5) is 26.5. The lowest BCUT2D eigenvalue weighted by Crippen LogP contribution is -2.40. The predicted molar refractivity (Wildman–Crippen MR) is 109 cm³/mol. The molecule has 0 bridgehead atoms. The molecule has 0 aromatic heterocycles. The maximum atomic E-state index is 12.5. The molecule has 1 N–H and O–H groups in total. The van der Waals surface area contributed by atoms with Crippen LogP contribution in [0.2, 0.25) is 5.02 Å². The van der Waals surface area contributed by atoms with Gasteiger partial charge in [-0.25, -0.2) is 0 Å². The molecular weight excluding hydrogens is 360 g/mol. The predicted octanol–water partition coefficient (Wildman–Crippen LogP) is 4.46. The number of piperidine rings is 1. The van der Waals surface area contributed by atoms with Crippen molar-refractivity contribution in [2.75, 3.05) is 18.4 Å². The van der Waals surface area contributed by atoms with Crippen molar-refractivity contribution >= 4 is 29.1 Å². The summed E-state index contributed by atoms with van der Waals surface area (Å²) >= 11 is 6.07. The van der Waals surface area contributed by atoms with Crippen molar-refractivity contribution in [1.82, 2.24) is 4.90 Å². The van der Waals surface area contributed by atoms with Crippen LogP contribution in [0.4, 0.5) is 5.69 Å². The highest BCUT2D eigenvalue weighted by Gasteiger charge is 2.24. The molecule has 3 rings (SSSR count). The number of carbonyl (C=O) groups is 2. The fourth-order valence-corrected chi connectivity index (χ4v) is 3.69. The number of hydrogen-bond acceptors (Lipinski definition) is 2. The Kier molecular flexibility index (Phi) is 6.51. The SMILES string of the molecule is Cc1c(Cl)cccc1NC(=O)CC(=O)N1CCC(Cc2ccccc2)CC1. The van der Waals surface area contributed by atoms with Gasteiger partial charge in [0.2, 0.25) is 11.8 Å². The van der Waals surface area contributed by atoms with Crippen molar-refractivity contribution in [3.05, 3.63) is 64.7 Å². The number of hydrogen-bond donors (Lipinski definition) is 1. The van der Waals surface area contributed by atoms with Crippen molar-refractivity contribution in [3.63, 3.8) is 0 Å². The average Bonchev–Trinajstić information content (AvgIpc) is 2.67. The quantitative estimate of drug-likeness (QED) is 0.774. The molecular formula is C22H25ClN2O2. The maximum Gasteiger partial charge on any atom is 0.233 e. The van der Waals surface area contributed by atoms with Crippen LogP contribution >= 0.6 is 11.6 Å². The van der Waals surface area contributed by atoms with Gasteiger partial charge in [-0.05, 0) is 55.4 Å². The second kappa shape index (κ2) is 9.05. The topological polar surface area (TPSA) is 49.4 Å². The third-order valence-electron chi connectivity index (χ3n) is 5.19. The first-order valence-electron chi connectivity index (χ1n) is 9.39. The second-order valence-electron chi connectivity index (χ2n) is 7.15. The van der Waals surface area contributed by atoms with Gasteiger partial charge in [-0.15, -0.1) is 0 Å². The largest absolute Gasteiger partial charge is 0.342 e. The first kappa shape index (κ1) is 19.4. The van der Waals surface area contributed by atoms with E-state index in [-0.39, 0.29) is 18.2 Å². The van der Waals surface area contributed by atoms with Gasteiger partial charge in [0.05, 0.1) is 0 Å². The van der Waals surface area contributed by atoms with E-state index in [2.05, 4.69) is 29.6 Å². The molecule has 1 heterocycles. The monoisotopic (exact) mass is 384 g/mol. The number of benzene rings is 2. The van der Waals surface area contributed by atoms with Gasteiger partial charge >= 0.3 is 0 Å². The standard InChI is InChI=1S/C22H25ClN2O2/c1-16-19(23)8-5-9-20(16)24-21(26)15-22(27)25-12-10-18(11-13-25)14-17-6-3-2-4-7-17/h2-9,18H,10-15H2,1H3,(H,24,26). The Labute approximate surface area is 165 Å². The molecule has 1 saturated heterocycles. The van der Waals surface area contributed by atoms with Crippen LogP contribution in [0.1, 0.15) is 30.4 Å². The molecule has 0 aliphatic carbocycles. The van der Waals surface area contributed by atoms with Gasteiger partial charge in [-0.2, -0.15) is 0 Å². The summed E-state index contributed by atoms with van der Waals surface area (Å²) in [5.74, 6) is 0.196. The first-order valence-corrected chi connectivity index (χ1v) is 9.77. The molecule has 142 valence electrons. The zero-order chi connectivity index (χ0) is 19.2. The molecule has 2 aromatic rings. The third-order valence-corrected chi connectivity index (χ3v) is 5.60. The summed E-state index contributed by atoms with van der Waals surface area (Å²) in [6.45, 7) is 3.29. The molecule has 0 spiro atoms. The number of anilines is 1. The Morgan fingerprint density at radius 1 is 1.07 bits per heavy atom. The lowest BCUT2D eigenvalue weighted by Gasteiger charge is -2.32. The smallest absolute Gasteiger partial charge is 0.233 e. The van der Waals surface area contributed by atoms with Crippen molar-refractivity contribution in [3.8, 4) is 0 Å². The molecule has 4 nitrogen and oxygen atoms in total. The fourth-order valence-electron chi connectivity index (χ4n) is 3.52. The van der Waals surface area contributed by atoms with Crippen LogP contribution in [0.15, 0.2) is 48.5 Å². The van der Waals surface area contributed by atoms with Crippen LogP contribution in [0.25, 0.3) is 0 Å². The Hall–Kier alpha value is -2.33. The fraction of sp³-hybridized carbons (Fsp3) is 0.364. The van der Waals surface area contributed by atoms with Crippen molar-refractivity contribution in [1.29, 1.82) is 0 Å². The van der Waals surface area contributed by atoms with E-state index in [9.17, 15) is 9.59 Å². The van der Waals surface area contributed by atoms with E-state index in [1.54, 1.807) is 18.2 Å². The number of carbonyl (C=O) groups excluding carboxylic acids is 2. The summed E-state index contributed by atoms with van der Waals surface area (Å²) in [7, 11) is 0. The van der Waals surface area contributed by atoms with Gasteiger partial charge < -0.3 is 10.2 Å². The molecule has 1 fully saturated rings. The molecule has 0 radical (unpaired) electrons. The zero-order valence-electron chi connectivity index (χ0n) is 15.6. The normalized spacial score (nSPS) is 14.8. The lowest BCUT2D eigenvalue weighted by molar-refractivity contribution is -0.135. The van der Waals surface area contributed by atoms with Gasteiger partial charge in [-0.1, -0.05) is 48.0 Å². The van der Waals surface area contributed by atoms with Crippen LogP contribution in [0, 0.1) is 12.8 Å². The van der Waals surface area contributed by atoms with Gasteiger partial charge in [0.1, 0.15) is 6.42 Å². The number of nitrogens with zero attached hydrogens (tertiary/aromatic N) is 1. The number of nitrogens with one attached hydrogen (secondary N) is 1. The van der Waals surface area contributed by atoms with Crippen LogP contribution < -0.4 is 5.32 Å². The van der Waals surface area contributed by atoms with Crippen molar-refractivity contribution < 1.29 is 9.59 Å². The molecule has 0 atom stereocenters. The highest BCUT2D eigenvalue weighted by atomic mass is 35.5. The average molecular weight is 385 g/mol. The van der Waals surface area contributed by atoms with Gasteiger partial charge in [0.15, 0.2) is 0 Å². The van der Waals surface area contributed by atoms with Crippen LogP contribution in [-0.2, 0) is 16.0 Å². The third kappa shape index (κ3) is 5.33. The van der Waals surface area contributed by atoms with Crippen molar-refractivity contribution in [2.45, 2.75) is 32.6 Å². The minimum absolute atomic E-state index is 0.106. The Balaban J connectivity index is 1.46. The van der Waals surface area contributed by atoms with E-state index >= 15 is 0 Å². The maximum absolute atomic E-state index is 12.5. The summed E-state index contributed by atoms with van der Waals surface area (Å²) in [6.07, 6.45) is 2.89. The summed E-state index contributed by atoms with van der Waals surface area (Å²) in [6, 6.07) is 15.8. The van der Waals surface area contributed by atoms with E-state index < -0.39 is 0 Å². The molecule has 27 heavy (non-hydrogen) atoms. The molecule has 5 heteroatoms. The Morgan fingerprint density at radius 3 is 2.48 bits per heavy atom. The summed E-state index contributed by atoms with van der Waals surface area (Å²) in [5.41, 5.74) is 2.81. The number of amides is 2. The summed E-state index contributed by atoms with van der Waals surface area (Å²) in [5, 5.41) is 3.39. The molecule has 2 aromatic carbocycles. The van der Waals surface area contributed by atoms with E-state index in [0.29, 0.717) is 16.6 Å². The first-order chi connectivity index (χ1) is 13.0. The zero-order valence-corrected chi connectivity index (χ0v) is 16.3.